The van der Waals surface area contributed by atoms with Crippen molar-refractivity contribution in [2.45, 2.75) is 110 Å². The van der Waals surface area contributed by atoms with Crippen LogP contribution in [-0.2, 0) is 24.0 Å². The Morgan fingerprint density at radius 1 is 1.03 bits per heavy atom. The molecule has 0 radical (unpaired) electrons. The number of Topliss-reactive ketones (excluding diaryl/α,β-unsaturated/α-hetero) is 1. The highest BCUT2D eigenvalue weighted by molar-refractivity contribution is 6.01. The fourth-order valence-corrected chi connectivity index (χ4v) is 6.62. The van der Waals surface area contributed by atoms with Crippen molar-refractivity contribution in [3.63, 3.8) is 0 Å². The Morgan fingerprint density at radius 2 is 1.72 bits per heavy atom. The number of anilines is 1. The molecule has 4 N–H and O–H groups in total. The van der Waals surface area contributed by atoms with Crippen LogP contribution in [0.1, 0.15) is 111 Å². The van der Waals surface area contributed by atoms with Crippen molar-refractivity contribution in [1.29, 1.82) is 0 Å². The number of fused-ring (bicyclic) bond motifs is 3. The first kappa shape index (κ1) is 27.3. The Labute approximate surface area is 231 Å². The van der Waals surface area contributed by atoms with Crippen LogP contribution in [0, 0.1) is 5.41 Å². The summed E-state index contributed by atoms with van der Waals surface area (Å²) in [6, 6.07) is 6.00. The maximum atomic E-state index is 13.2. The van der Waals surface area contributed by atoms with Gasteiger partial charge in [0.1, 0.15) is 5.60 Å². The number of carbonyl (C=O) groups is 3. The molecule has 39 heavy (non-hydrogen) atoms. The number of carbonyl (C=O) groups excluding carboxylic acids is 3. The fourth-order valence-electron chi connectivity index (χ4n) is 6.62. The maximum absolute atomic E-state index is 13.2. The highest BCUT2D eigenvalue weighted by atomic mass is 16.6. The minimum atomic E-state index is -0.527. The number of ketones is 1. The third-order valence-electron chi connectivity index (χ3n) is 8.22. The fraction of sp³-hybridized carbons (Fsp3) is 0.581. The van der Waals surface area contributed by atoms with Crippen LogP contribution in [0.5, 0.6) is 0 Å². The summed E-state index contributed by atoms with van der Waals surface area (Å²) in [4.78, 5) is 37.8. The van der Waals surface area contributed by atoms with E-state index in [1.807, 2.05) is 32.9 Å². The van der Waals surface area contributed by atoms with E-state index in [1.54, 1.807) is 6.07 Å². The first-order valence-electron chi connectivity index (χ1n) is 14.3. The van der Waals surface area contributed by atoms with Gasteiger partial charge in [0.2, 0.25) is 0 Å². The van der Waals surface area contributed by atoms with Crippen molar-refractivity contribution in [2.75, 3.05) is 5.32 Å². The quantitative estimate of drug-likeness (QED) is 0.471. The van der Waals surface area contributed by atoms with Crippen LogP contribution in [0.3, 0.4) is 0 Å². The van der Waals surface area contributed by atoms with Crippen LogP contribution in [0.4, 0.5) is 10.5 Å². The van der Waals surface area contributed by atoms with E-state index in [4.69, 9.17) is 10.5 Å². The normalized spacial score (nSPS) is 22.1. The number of ether oxygens (including phenoxy) is 1. The van der Waals surface area contributed by atoms with Crippen molar-refractivity contribution in [1.82, 2.24) is 9.88 Å². The minimum Gasteiger partial charge on any atom is -0.444 e. The predicted octanol–water partition coefficient (Wildman–Crippen LogP) is 5.47. The molecule has 0 unspecified atom stereocenters. The molecule has 0 saturated heterocycles. The molecular formula is C31H42N4O4. The molecule has 210 valence electrons. The summed E-state index contributed by atoms with van der Waals surface area (Å²) in [6.07, 6.45) is 7.32. The van der Waals surface area contributed by atoms with Crippen LogP contribution in [-0.4, -0.2) is 40.0 Å². The third-order valence-corrected chi connectivity index (χ3v) is 8.22. The summed E-state index contributed by atoms with van der Waals surface area (Å²) in [5.41, 5.74) is 11.8. The topological polar surface area (TPSA) is 115 Å². The molecule has 1 fully saturated rings. The average Bonchev–Trinajstić information content (AvgIpc) is 3.38. The lowest BCUT2D eigenvalue weighted by molar-refractivity contribution is 0.0491. The van der Waals surface area contributed by atoms with Gasteiger partial charge in [-0.25, -0.2) is 4.79 Å². The van der Waals surface area contributed by atoms with E-state index in [9.17, 15) is 14.4 Å². The molecule has 2 amide bonds. The van der Waals surface area contributed by atoms with Crippen molar-refractivity contribution < 1.29 is 19.1 Å². The predicted molar refractivity (Wildman–Crippen MR) is 152 cm³/mol. The Morgan fingerprint density at radius 3 is 2.38 bits per heavy atom. The van der Waals surface area contributed by atoms with Crippen LogP contribution < -0.4 is 16.4 Å². The van der Waals surface area contributed by atoms with Crippen molar-refractivity contribution in [3.05, 3.63) is 46.3 Å². The van der Waals surface area contributed by atoms with E-state index in [-0.39, 0.29) is 29.4 Å². The molecule has 0 aliphatic heterocycles. The first-order chi connectivity index (χ1) is 18.3. The van der Waals surface area contributed by atoms with Gasteiger partial charge < -0.3 is 25.7 Å². The van der Waals surface area contributed by atoms with E-state index >= 15 is 0 Å². The van der Waals surface area contributed by atoms with E-state index in [2.05, 4.69) is 29.0 Å². The maximum Gasteiger partial charge on any atom is 0.407 e. The monoisotopic (exact) mass is 534 g/mol. The molecule has 0 spiro atoms. The summed E-state index contributed by atoms with van der Waals surface area (Å²) in [6.45, 7) is 9.89. The van der Waals surface area contributed by atoms with Gasteiger partial charge in [0, 0.05) is 46.8 Å². The molecule has 1 saturated carbocycles. The standard InChI is InChI=1S/C31H42N4O4/c1-30(2,3)39-29(38)34-19-11-9-18(10-12-19)33-23-15-20(13-14-21(23)28(32)37)35-24-8-6-7-22(24)27-25(35)16-31(4,5)17-26(27)36/h13-15,18-19,33H,6-12,16-17H2,1-5H3,(H2,32,37)(H,34,38)/t18-,19-. The van der Waals surface area contributed by atoms with Crippen molar-refractivity contribution in [3.8, 4) is 5.69 Å². The lowest BCUT2D eigenvalue weighted by atomic mass is 9.75. The number of primary amides is 1. The number of amides is 2. The largest absolute Gasteiger partial charge is 0.444 e. The van der Waals surface area contributed by atoms with Gasteiger partial charge in [-0.2, -0.15) is 0 Å². The number of rotatable bonds is 5. The number of nitrogens with one attached hydrogen (secondary N) is 2. The molecule has 5 rings (SSSR count). The molecule has 1 aromatic heterocycles. The van der Waals surface area contributed by atoms with E-state index in [0.29, 0.717) is 12.0 Å². The highest BCUT2D eigenvalue weighted by Crippen LogP contribution is 2.43. The molecule has 3 aliphatic carbocycles. The second-order valence-electron chi connectivity index (χ2n) is 13.3. The lowest BCUT2D eigenvalue weighted by Gasteiger charge is -2.32. The zero-order valence-corrected chi connectivity index (χ0v) is 23.9. The zero-order valence-electron chi connectivity index (χ0n) is 23.9. The van der Waals surface area contributed by atoms with Crippen molar-refractivity contribution >= 4 is 23.5 Å². The number of nitrogens with zero attached hydrogens (tertiary/aromatic N) is 1. The molecule has 8 heteroatoms. The van der Waals surface area contributed by atoms with Crippen LogP contribution in [0.2, 0.25) is 0 Å². The SMILES string of the molecule is CC1(C)CC(=O)c2c3c(n(-c4ccc(C(N)=O)c(N[C@H]5CC[C@H](NC(=O)OC(C)(C)C)CC5)c4)c2C1)CCC3. The van der Waals surface area contributed by atoms with E-state index in [1.165, 1.54) is 11.3 Å². The van der Waals surface area contributed by atoms with Gasteiger partial charge in [0.25, 0.3) is 5.91 Å². The Hall–Kier alpha value is -3.29. The van der Waals surface area contributed by atoms with E-state index in [0.717, 1.165) is 74.0 Å². The Bertz CT molecular complexity index is 1310. The first-order valence-corrected chi connectivity index (χ1v) is 14.3. The number of benzene rings is 1. The second kappa shape index (κ2) is 10.0. The zero-order chi connectivity index (χ0) is 28.1. The molecule has 0 atom stereocenters. The Balaban J connectivity index is 1.38. The second-order valence-corrected chi connectivity index (χ2v) is 13.3. The summed E-state index contributed by atoms with van der Waals surface area (Å²) in [5, 5.41) is 6.58. The van der Waals surface area contributed by atoms with Crippen molar-refractivity contribution in [2.24, 2.45) is 11.1 Å². The Kier molecular flexibility index (Phi) is 7.02. The van der Waals surface area contributed by atoms with Crippen LogP contribution >= 0.6 is 0 Å². The van der Waals surface area contributed by atoms with Gasteiger partial charge in [-0.05, 0) is 101 Å². The van der Waals surface area contributed by atoms with Gasteiger partial charge in [0.15, 0.2) is 5.78 Å². The molecule has 1 heterocycles. The molecule has 2 aromatic rings. The molecular weight excluding hydrogens is 492 g/mol. The lowest BCUT2D eigenvalue weighted by Crippen LogP contribution is -2.42. The van der Waals surface area contributed by atoms with Gasteiger partial charge in [-0.15, -0.1) is 0 Å². The number of hydrogen-bond donors (Lipinski definition) is 3. The van der Waals surface area contributed by atoms with Gasteiger partial charge in [-0.3, -0.25) is 9.59 Å². The molecule has 3 aliphatic rings. The van der Waals surface area contributed by atoms with E-state index < -0.39 is 11.5 Å². The van der Waals surface area contributed by atoms with Gasteiger partial charge in [0.05, 0.1) is 5.56 Å². The average molecular weight is 535 g/mol. The summed E-state index contributed by atoms with van der Waals surface area (Å²) < 4.78 is 7.69. The smallest absolute Gasteiger partial charge is 0.407 e. The summed E-state index contributed by atoms with van der Waals surface area (Å²) >= 11 is 0. The van der Waals surface area contributed by atoms with Gasteiger partial charge in [-0.1, -0.05) is 13.8 Å². The number of alkyl carbamates (subject to hydrolysis) is 1. The van der Waals surface area contributed by atoms with Gasteiger partial charge >= 0.3 is 6.09 Å². The molecule has 0 bridgehead atoms. The highest BCUT2D eigenvalue weighted by Gasteiger charge is 2.39. The number of hydrogen-bond acceptors (Lipinski definition) is 5. The third kappa shape index (κ3) is 5.70. The number of nitrogens with two attached hydrogens (primary N) is 1. The molecule has 8 nitrogen and oxygen atoms in total. The summed E-state index contributed by atoms with van der Waals surface area (Å²) in [7, 11) is 0. The minimum absolute atomic E-state index is 0.0646. The number of aromatic nitrogens is 1. The van der Waals surface area contributed by atoms with Crippen LogP contribution in [0.25, 0.3) is 5.69 Å². The van der Waals surface area contributed by atoms with Crippen LogP contribution in [0.15, 0.2) is 18.2 Å². The summed E-state index contributed by atoms with van der Waals surface area (Å²) in [5.74, 6) is -0.220. The molecule has 1 aromatic carbocycles.